The van der Waals surface area contributed by atoms with Gasteiger partial charge in [0.1, 0.15) is 0 Å². The summed E-state index contributed by atoms with van der Waals surface area (Å²) in [5, 5.41) is 13.8. The number of amides is 2. The van der Waals surface area contributed by atoms with Gasteiger partial charge in [-0.2, -0.15) is 5.10 Å². The highest BCUT2D eigenvalue weighted by Gasteiger charge is 2.14. The molecule has 9 nitrogen and oxygen atoms in total. The normalized spacial score (nSPS) is 10.8. The molecular weight excluding hydrogens is 701 g/mol. The number of aromatic nitrogens is 1. The Bertz CT molecular complexity index is 1850. The topological polar surface area (TPSA) is 114 Å². The van der Waals surface area contributed by atoms with E-state index in [-0.39, 0.29) is 18.4 Å². The lowest BCUT2D eigenvalue weighted by molar-refractivity contribution is -0.118. The van der Waals surface area contributed by atoms with Crippen molar-refractivity contribution in [3.63, 3.8) is 0 Å². The summed E-state index contributed by atoms with van der Waals surface area (Å²) in [7, 11) is 1.48. The maximum absolute atomic E-state index is 12.7. The summed E-state index contributed by atoms with van der Waals surface area (Å²) >= 11 is 17.0. The van der Waals surface area contributed by atoms with Crippen molar-refractivity contribution in [1.82, 2.24) is 10.4 Å². The van der Waals surface area contributed by atoms with Crippen LogP contribution in [-0.4, -0.2) is 36.7 Å². The molecule has 0 saturated heterocycles. The van der Waals surface area contributed by atoms with Crippen LogP contribution < -0.4 is 25.5 Å². The molecular formula is C32H24BrCl2N5O4S. The second-order valence-corrected chi connectivity index (χ2v) is 11.9. The number of para-hydroxylation sites is 1. The highest BCUT2D eigenvalue weighted by atomic mass is 79.9. The van der Waals surface area contributed by atoms with Crippen molar-refractivity contribution in [2.75, 3.05) is 24.4 Å². The molecule has 5 aromatic rings. The number of hydrazone groups is 1. The standard InChI is InChI=1S/C32H24BrCl2N5O4S/c1-43-28-15-19(14-24(33)30(28)44-17-29(41)38-26-5-3-2-4-25(26)35)16-36-40-31(42)21-8-6-20(7-9-21)27-18-45-32(39-27)37-23-12-10-22(34)11-13-23/h2-16,18H,17H2,1H3,(H,37,39)(H,38,41)(H,40,42)/b36-16-. The van der Waals surface area contributed by atoms with Gasteiger partial charge in [0.2, 0.25) is 0 Å². The largest absolute Gasteiger partial charge is 0.493 e. The smallest absolute Gasteiger partial charge is 0.271 e. The Morgan fingerprint density at radius 1 is 1.02 bits per heavy atom. The van der Waals surface area contributed by atoms with Crippen LogP contribution in [0.2, 0.25) is 10.0 Å². The van der Waals surface area contributed by atoms with Crippen molar-refractivity contribution < 1.29 is 19.1 Å². The van der Waals surface area contributed by atoms with Crippen molar-refractivity contribution in [2.24, 2.45) is 5.10 Å². The Kier molecular flexibility index (Phi) is 10.7. The van der Waals surface area contributed by atoms with Gasteiger partial charge in [-0.15, -0.1) is 11.3 Å². The lowest BCUT2D eigenvalue weighted by Gasteiger charge is -2.14. The van der Waals surface area contributed by atoms with Crippen molar-refractivity contribution >= 4 is 85.0 Å². The fourth-order valence-electron chi connectivity index (χ4n) is 3.98. The van der Waals surface area contributed by atoms with Crippen LogP contribution >= 0.6 is 50.5 Å². The predicted octanol–water partition coefficient (Wildman–Crippen LogP) is 8.41. The first-order chi connectivity index (χ1) is 21.8. The van der Waals surface area contributed by atoms with Crippen molar-refractivity contribution in [3.8, 4) is 22.8 Å². The fourth-order valence-corrected chi connectivity index (χ4v) is 5.61. The number of hydrogen-bond acceptors (Lipinski definition) is 8. The molecule has 0 spiro atoms. The average Bonchev–Trinajstić information content (AvgIpc) is 3.51. The van der Waals surface area contributed by atoms with Gasteiger partial charge in [0.25, 0.3) is 11.8 Å². The third-order valence-corrected chi connectivity index (χ3v) is 8.10. The Labute approximate surface area is 281 Å². The average molecular weight is 725 g/mol. The van der Waals surface area contributed by atoms with Gasteiger partial charge in [-0.1, -0.05) is 47.5 Å². The van der Waals surface area contributed by atoms with E-state index in [0.717, 1.165) is 22.1 Å². The highest BCUT2D eigenvalue weighted by Crippen LogP contribution is 2.36. The molecule has 1 aromatic heterocycles. The number of thiazole rings is 1. The SMILES string of the molecule is COc1cc(/C=N\NC(=O)c2ccc(-c3csc(Nc4ccc(Cl)cc4)n3)cc2)cc(Br)c1OCC(=O)Nc1ccccc1Cl. The first-order valence-corrected chi connectivity index (χ1v) is 15.7. The third-order valence-electron chi connectivity index (χ3n) is 6.17. The molecule has 0 aliphatic rings. The maximum Gasteiger partial charge on any atom is 0.271 e. The molecule has 2 amide bonds. The van der Waals surface area contributed by atoms with Crippen LogP contribution in [0.25, 0.3) is 11.3 Å². The number of halogens is 3. The van der Waals surface area contributed by atoms with E-state index < -0.39 is 0 Å². The molecule has 13 heteroatoms. The van der Waals surface area contributed by atoms with Crippen LogP contribution in [-0.2, 0) is 4.79 Å². The minimum atomic E-state index is -0.388. The number of hydrogen-bond donors (Lipinski definition) is 3. The lowest BCUT2D eigenvalue weighted by Crippen LogP contribution is -2.20. The van der Waals surface area contributed by atoms with Crippen molar-refractivity contribution in [3.05, 3.63) is 116 Å². The Balaban J connectivity index is 1.16. The van der Waals surface area contributed by atoms with E-state index in [4.69, 9.17) is 32.7 Å². The Hall–Kier alpha value is -4.42. The second kappa shape index (κ2) is 15.0. The zero-order chi connectivity index (χ0) is 31.8. The van der Waals surface area contributed by atoms with Gasteiger partial charge >= 0.3 is 0 Å². The number of methoxy groups -OCH3 is 1. The molecule has 45 heavy (non-hydrogen) atoms. The zero-order valence-corrected chi connectivity index (χ0v) is 27.4. The van der Waals surface area contributed by atoms with Gasteiger partial charge in [-0.25, -0.2) is 10.4 Å². The molecule has 0 fully saturated rings. The zero-order valence-electron chi connectivity index (χ0n) is 23.5. The molecule has 228 valence electrons. The third kappa shape index (κ3) is 8.61. The van der Waals surface area contributed by atoms with Gasteiger partial charge in [0.15, 0.2) is 23.2 Å². The van der Waals surface area contributed by atoms with Gasteiger partial charge in [0, 0.05) is 27.2 Å². The first kappa shape index (κ1) is 32.0. The quantitative estimate of drug-likeness (QED) is 0.0931. The molecule has 0 atom stereocenters. The number of rotatable bonds is 11. The summed E-state index contributed by atoms with van der Waals surface area (Å²) in [6.45, 7) is -0.271. The number of anilines is 3. The predicted molar refractivity (Wildman–Crippen MR) is 184 cm³/mol. The number of ether oxygens (including phenoxy) is 2. The summed E-state index contributed by atoms with van der Waals surface area (Å²) in [5.41, 5.74) is 6.61. The van der Waals surface area contributed by atoms with E-state index >= 15 is 0 Å². The van der Waals surface area contributed by atoms with E-state index in [9.17, 15) is 9.59 Å². The van der Waals surface area contributed by atoms with Crippen molar-refractivity contribution in [1.29, 1.82) is 0 Å². The number of nitrogens with zero attached hydrogens (tertiary/aromatic N) is 2. The first-order valence-electron chi connectivity index (χ1n) is 13.3. The summed E-state index contributed by atoms with van der Waals surface area (Å²) < 4.78 is 11.7. The molecule has 3 N–H and O–H groups in total. The summed E-state index contributed by atoms with van der Waals surface area (Å²) in [6.07, 6.45) is 1.47. The van der Waals surface area contributed by atoms with Crippen LogP contribution in [0.5, 0.6) is 11.5 Å². The van der Waals surface area contributed by atoms with E-state index in [1.54, 1.807) is 48.5 Å². The van der Waals surface area contributed by atoms with Gasteiger partial charge in [-0.3, -0.25) is 9.59 Å². The molecule has 0 unspecified atom stereocenters. The van der Waals surface area contributed by atoms with Gasteiger partial charge < -0.3 is 20.1 Å². The minimum Gasteiger partial charge on any atom is -0.493 e. The molecule has 0 saturated carbocycles. The van der Waals surface area contributed by atoms with E-state index in [1.807, 2.05) is 41.8 Å². The number of nitrogens with one attached hydrogen (secondary N) is 3. The van der Waals surface area contributed by atoms with Crippen LogP contribution in [0.4, 0.5) is 16.5 Å². The van der Waals surface area contributed by atoms with E-state index in [1.165, 1.54) is 24.7 Å². The molecule has 5 rings (SSSR count). The summed E-state index contributed by atoms with van der Waals surface area (Å²) in [6, 6.07) is 24.7. The Morgan fingerprint density at radius 3 is 2.51 bits per heavy atom. The Morgan fingerprint density at radius 2 is 1.78 bits per heavy atom. The number of carbonyl (C=O) groups excluding carboxylic acids is 2. The number of benzene rings is 4. The van der Waals surface area contributed by atoms with E-state index in [2.05, 4.69) is 42.1 Å². The molecule has 0 bridgehead atoms. The number of carbonyl (C=O) groups is 2. The fraction of sp³-hybridized carbons (Fsp3) is 0.0625. The van der Waals surface area contributed by atoms with Crippen LogP contribution in [0.1, 0.15) is 15.9 Å². The minimum absolute atomic E-state index is 0.271. The highest BCUT2D eigenvalue weighted by molar-refractivity contribution is 9.10. The van der Waals surface area contributed by atoms with Crippen LogP contribution in [0.15, 0.2) is 99.9 Å². The molecule has 0 radical (unpaired) electrons. The monoisotopic (exact) mass is 723 g/mol. The van der Waals surface area contributed by atoms with E-state index in [0.29, 0.717) is 42.8 Å². The lowest BCUT2D eigenvalue weighted by atomic mass is 10.1. The van der Waals surface area contributed by atoms with Crippen molar-refractivity contribution in [2.45, 2.75) is 0 Å². The van der Waals surface area contributed by atoms with Gasteiger partial charge in [-0.05, 0) is 82.2 Å². The van der Waals surface area contributed by atoms with Crippen LogP contribution in [0, 0.1) is 0 Å². The molecule has 0 aliphatic carbocycles. The second-order valence-electron chi connectivity index (χ2n) is 9.30. The summed E-state index contributed by atoms with van der Waals surface area (Å²) in [4.78, 5) is 29.7. The molecule has 0 aliphatic heterocycles. The van der Waals surface area contributed by atoms with Crippen LogP contribution in [0.3, 0.4) is 0 Å². The summed E-state index contributed by atoms with van der Waals surface area (Å²) in [5.74, 6) is -0.0643. The maximum atomic E-state index is 12.7. The van der Waals surface area contributed by atoms with Gasteiger partial charge in [0.05, 0.1) is 34.2 Å². The molecule has 4 aromatic carbocycles. The molecule has 1 heterocycles.